The third-order valence-corrected chi connectivity index (χ3v) is 2.09. The van der Waals surface area contributed by atoms with Crippen LogP contribution in [0.4, 0.5) is 0 Å². The van der Waals surface area contributed by atoms with Crippen molar-refractivity contribution >= 4 is 34.8 Å². The van der Waals surface area contributed by atoms with Crippen molar-refractivity contribution < 1.29 is 26.5 Å². The van der Waals surface area contributed by atoms with Crippen LogP contribution in [0.15, 0.2) is 60.7 Å². The molecule has 0 aliphatic carbocycles. The maximum Gasteiger partial charge on any atom is 0.259 e. The molecule has 2 rings (SSSR count). The summed E-state index contributed by atoms with van der Waals surface area (Å²) in [5, 5.41) is 0.0948. The average Bonchev–Trinajstić information content (AvgIpc) is 2.40. The van der Waals surface area contributed by atoms with E-state index in [0.717, 1.165) is 0 Å². The van der Waals surface area contributed by atoms with Crippen molar-refractivity contribution in [2.45, 2.75) is 0 Å². The predicted octanol–water partition coefficient (Wildman–Crippen LogP) is 2.62. The van der Waals surface area contributed by atoms with Crippen LogP contribution in [0.5, 0.6) is 11.5 Å². The number of nitrogens with two attached hydrogens (primary N) is 2. The molecular weight excluding hydrogens is 356 g/mol. The van der Waals surface area contributed by atoms with E-state index in [1.165, 1.54) is 0 Å². The van der Waals surface area contributed by atoms with Crippen molar-refractivity contribution in [2.75, 3.05) is 0 Å². The summed E-state index contributed by atoms with van der Waals surface area (Å²) in [5.41, 5.74) is 10.3. The summed E-state index contributed by atoms with van der Waals surface area (Å²) in [6, 6.07) is 18.4. The third kappa shape index (κ3) is 9.81. The van der Waals surface area contributed by atoms with Crippen LogP contribution in [0, 0.1) is 0 Å². The minimum absolute atomic E-state index is 0. The van der Waals surface area contributed by atoms with Crippen LogP contribution in [0.25, 0.3) is 0 Å². The molecule has 0 saturated heterocycles. The number of benzene rings is 2. The predicted molar refractivity (Wildman–Crippen MR) is 87.7 cm³/mol. The fourth-order valence-electron chi connectivity index (χ4n) is 1.21. The molecule has 0 heterocycles. The normalized spacial score (nSPS) is 8.38. The first-order chi connectivity index (χ1) is 9.58. The maximum atomic E-state index is 5.13. The quantitative estimate of drug-likeness (QED) is 0.626. The Labute approximate surface area is 144 Å². The summed E-state index contributed by atoms with van der Waals surface area (Å²) >= 11 is 9.07. The second-order valence-corrected chi connectivity index (χ2v) is 4.27. The minimum Gasteiger partial charge on any atom is -0.432 e. The molecule has 0 amide bonds. The monoisotopic (exact) mass is 369 g/mol. The molecule has 2 aromatic rings. The maximum absolute atomic E-state index is 5.13. The Balaban J connectivity index is 0.000000364. The summed E-state index contributed by atoms with van der Waals surface area (Å²) in [7, 11) is 0. The van der Waals surface area contributed by atoms with Crippen molar-refractivity contribution in [3.8, 4) is 11.5 Å². The van der Waals surface area contributed by atoms with Gasteiger partial charge in [0.2, 0.25) is 0 Å². The van der Waals surface area contributed by atoms with Crippen LogP contribution in [-0.2, 0) is 17.1 Å². The molecule has 0 bridgehead atoms. The number of rotatable bonds is 2. The molecular formula is C14H14CuN2O2S2. The molecule has 2 aromatic carbocycles. The molecule has 0 unspecified atom stereocenters. The second-order valence-electron chi connectivity index (χ2n) is 3.47. The van der Waals surface area contributed by atoms with Gasteiger partial charge in [-0.05, 0) is 48.7 Å². The van der Waals surface area contributed by atoms with Gasteiger partial charge in [-0.1, -0.05) is 36.4 Å². The third-order valence-electron chi connectivity index (χ3n) is 1.92. The van der Waals surface area contributed by atoms with E-state index in [9.17, 15) is 0 Å². The molecule has 0 saturated carbocycles. The summed E-state index contributed by atoms with van der Waals surface area (Å²) in [4.78, 5) is 0. The van der Waals surface area contributed by atoms with Crippen LogP contribution in [-0.4, -0.2) is 10.3 Å². The van der Waals surface area contributed by atoms with Gasteiger partial charge < -0.3 is 20.9 Å². The van der Waals surface area contributed by atoms with Gasteiger partial charge in [0.1, 0.15) is 11.5 Å². The van der Waals surface area contributed by atoms with E-state index in [0.29, 0.717) is 11.5 Å². The van der Waals surface area contributed by atoms with E-state index in [2.05, 4.69) is 24.4 Å². The summed E-state index contributed by atoms with van der Waals surface area (Å²) < 4.78 is 9.85. The van der Waals surface area contributed by atoms with Crippen molar-refractivity contribution in [1.82, 2.24) is 0 Å². The Bertz CT molecular complexity index is 502. The zero-order valence-corrected chi connectivity index (χ0v) is 13.4. The van der Waals surface area contributed by atoms with E-state index in [-0.39, 0.29) is 27.4 Å². The molecule has 21 heavy (non-hydrogen) atoms. The van der Waals surface area contributed by atoms with E-state index >= 15 is 0 Å². The molecule has 0 aliphatic heterocycles. The standard InChI is InChI=1S/2C7H7NOS.Cu/c2*8-7(10)9-6-4-2-1-3-5-6;/h2*1-5H,(H2,8,10);. The van der Waals surface area contributed by atoms with E-state index in [4.69, 9.17) is 20.9 Å². The van der Waals surface area contributed by atoms with E-state index < -0.39 is 0 Å². The van der Waals surface area contributed by atoms with Gasteiger partial charge in [0.05, 0.1) is 0 Å². The molecule has 4 N–H and O–H groups in total. The number of hydrogen-bond donors (Lipinski definition) is 2. The summed E-state index contributed by atoms with van der Waals surface area (Å²) in [6.45, 7) is 0. The first kappa shape index (κ1) is 19.3. The van der Waals surface area contributed by atoms with E-state index in [1.54, 1.807) is 24.3 Å². The summed E-state index contributed by atoms with van der Waals surface area (Å²) in [6.07, 6.45) is 0. The van der Waals surface area contributed by atoms with E-state index in [1.807, 2.05) is 36.4 Å². The van der Waals surface area contributed by atoms with Crippen LogP contribution < -0.4 is 20.9 Å². The average molecular weight is 370 g/mol. The fraction of sp³-hybridized carbons (Fsp3) is 0. The zero-order chi connectivity index (χ0) is 14.8. The first-order valence-corrected chi connectivity index (χ1v) is 6.44. The van der Waals surface area contributed by atoms with Crippen LogP contribution in [0.3, 0.4) is 0 Å². The van der Waals surface area contributed by atoms with Crippen molar-refractivity contribution in [3.05, 3.63) is 60.7 Å². The molecule has 0 aromatic heterocycles. The van der Waals surface area contributed by atoms with Crippen LogP contribution >= 0.6 is 24.4 Å². The van der Waals surface area contributed by atoms with Gasteiger partial charge in [-0.15, -0.1) is 0 Å². The van der Waals surface area contributed by atoms with Gasteiger partial charge >= 0.3 is 0 Å². The number of para-hydroxylation sites is 2. The van der Waals surface area contributed by atoms with Gasteiger partial charge in [-0.25, -0.2) is 0 Å². The second kappa shape index (κ2) is 11.0. The Hall–Kier alpha value is -1.66. The molecule has 4 nitrogen and oxygen atoms in total. The SMILES string of the molecule is NC(=S)Oc1ccccc1.NC(=S)Oc1ccccc1.[Cu]. The smallest absolute Gasteiger partial charge is 0.259 e. The van der Waals surface area contributed by atoms with Gasteiger partial charge in [0.15, 0.2) is 0 Å². The molecule has 0 fully saturated rings. The first-order valence-electron chi connectivity index (χ1n) is 5.62. The Morgan fingerprint density at radius 1 is 0.667 bits per heavy atom. The molecule has 1 radical (unpaired) electrons. The summed E-state index contributed by atoms with van der Waals surface area (Å²) in [5.74, 6) is 1.35. The molecule has 0 atom stereocenters. The number of thiocarbonyl (C=S) groups is 2. The molecule has 0 aliphatic rings. The Kier molecular flexibility index (Phi) is 10.2. The van der Waals surface area contributed by atoms with Gasteiger partial charge in [-0.2, -0.15) is 0 Å². The minimum atomic E-state index is 0. The van der Waals surface area contributed by atoms with Crippen LogP contribution in [0.1, 0.15) is 0 Å². The number of ether oxygens (including phenoxy) is 2. The fourth-order valence-corrected chi connectivity index (χ4v) is 1.40. The topological polar surface area (TPSA) is 70.5 Å². The molecule has 7 heteroatoms. The van der Waals surface area contributed by atoms with Gasteiger partial charge in [-0.3, -0.25) is 0 Å². The largest absolute Gasteiger partial charge is 0.432 e. The Morgan fingerprint density at radius 3 is 1.19 bits per heavy atom. The van der Waals surface area contributed by atoms with Gasteiger partial charge in [0, 0.05) is 17.1 Å². The van der Waals surface area contributed by atoms with Crippen molar-refractivity contribution in [1.29, 1.82) is 0 Å². The van der Waals surface area contributed by atoms with Crippen molar-refractivity contribution in [3.63, 3.8) is 0 Å². The zero-order valence-electron chi connectivity index (χ0n) is 10.9. The van der Waals surface area contributed by atoms with Crippen molar-refractivity contribution in [2.24, 2.45) is 11.5 Å². The Morgan fingerprint density at radius 2 is 0.952 bits per heavy atom. The number of hydrogen-bond acceptors (Lipinski definition) is 4. The van der Waals surface area contributed by atoms with Gasteiger partial charge in [0.25, 0.3) is 10.3 Å². The molecule has 115 valence electrons. The van der Waals surface area contributed by atoms with Crippen LogP contribution in [0.2, 0.25) is 0 Å². The molecule has 0 spiro atoms.